The average Bonchev–Trinajstić information content (AvgIpc) is 2.39. The summed E-state index contributed by atoms with van der Waals surface area (Å²) in [6.45, 7) is 1.71. The normalized spacial score (nSPS) is 10.2. The van der Waals surface area contributed by atoms with Crippen LogP contribution in [0.4, 0.5) is 5.69 Å². The third kappa shape index (κ3) is 3.05. The van der Waals surface area contributed by atoms with Gasteiger partial charge in [0.2, 0.25) is 11.6 Å². The molecule has 0 radical (unpaired) electrons. The molecule has 0 spiro atoms. The van der Waals surface area contributed by atoms with E-state index in [1.54, 1.807) is 24.3 Å². The molecule has 0 unspecified atom stereocenters. The number of aryl methyl sites for hydroxylation is 1. The van der Waals surface area contributed by atoms with Gasteiger partial charge in [-0.2, -0.15) is 0 Å². The molecule has 0 saturated carbocycles. The van der Waals surface area contributed by atoms with Crippen LogP contribution in [0.3, 0.4) is 0 Å². The number of aliphatic hydroxyl groups is 1. The number of nitro groups is 1. The lowest BCUT2D eigenvalue weighted by Gasteiger charge is -2.06. The molecule has 0 aliphatic carbocycles. The fraction of sp³-hybridized carbons (Fsp3) is 0.154. The molecule has 19 heavy (non-hydrogen) atoms. The van der Waals surface area contributed by atoms with Crippen molar-refractivity contribution < 1.29 is 14.8 Å². The van der Waals surface area contributed by atoms with Gasteiger partial charge < -0.3 is 9.84 Å². The van der Waals surface area contributed by atoms with Crippen molar-refractivity contribution in [3.05, 3.63) is 57.8 Å². The third-order valence-electron chi connectivity index (χ3n) is 2.51. The number of hydrogen-bond donors (Lipinski definition) is 1. The second kappa shape index (κ2) is 5.45. The van der Waals surface area contributed by atoms with Gasteiger partial charge in [0.15, 0.2) is 0 Å². The van der Waals surface area contributed by atoms with E-state index >= 15 is 0 Å². The van der Waals surface area contributed by atoms with Crippen LogP contribution >= 0.6 is 0 Å². The van der Waals surface area contributed by atoms with Crippen LogP contribution in [-0.2, 0) is 6.61 Å². The standard InChI is InChI=1S/C13H12N2O4/c1-9-2-4-11(15(17)18)12(6-9)19-13-5-3-10(8-16)7-14-13/h2-7,16H,8H2,1H3. The molecule has 2 aromatic rings. The maximum absolute atomic E-state index is 10.9. The number of nitrogens with zero attached hydrogens (tertiary/aromatic N) is 2. The Bertz CT molecular complexity index is 596. The van der Waals surface area contributed by atoms with Gasteiger partial charge in [-0.25, -0.2) is 4.98 Å². The lowest BCUT2D eigenvalue weighted by Crippen LogP contribution is -1.95. The zero-order valence-corrected chi connectivity index (χ0v) is 10.2. The van der Waals surface area contributed by atoms with Gasteiger partial charge in [-0.1, -0.05) is 6.07 Å². The van der Waals surface area contributed by atoms with Crippen molar-refractivity contribution >= 4 is 5.69 Å². The number of aromatic nitrogens is 1. The zero-order valence-electron chi connectivity index (χ0n) is 10.2. The van der Waals surface area contributed by atoms with Gasteiger partial charge in [-0.05, 0) is 30.2 Å². The minimum absolute atomic E-state index is 0.112. The highest BCUT2D eigenvalue weighted by molar-refractivity contribution is 5.49. The Labute approximate surface area is 109 Å². The Morgan fingerprint density at radius 1 is 1.37 bits per heavy atom. The van der Waals surface area contributed by atoms with Crippen LogP contribution in [0.15, 0.2) is 36.5 Å². The number of aliphatic hydroxyl groups excluding tert-OH is 1. The molecule has 1 N–H and O–H groups in total. The van der Waals surface area contributed by atoms with Crippen LogP contribution in [0.25, 0.3) is 0 Å². The summed E-state index contributed by atoms with van der Waals surface area (Å²) in [5.74, 6) is 0.389. The summed E-state index contributed by atoms with van der Waals surface area (Å²) < 4.78 is 5.42. The Morgan fingerprint density at radius 2 is 2.16 bits per heavy atom. The summed E-state index contributed by atoms with van der Waals surface area (Å²) in [4.78, 5) is 14.4. The number of benzene rings is 1. The van der Waals surface area contributed by atoms with Gasteiger partial charge in [0.25, 0.3) is 0 Å². The lowest BCUT2D eigenvalue weighted by molar-refractivity contribution is -0.385. The van der Waals surface area contributed by atoms with Crippen molar-refractivity contribution in [1.82, 2.24) is 4.98 Å². The molecule has 0 amide bonds. The molecule has 1 aromatic carbocycles. The van der Waals surface area contributed by atoms with Crippen molar-refractivity contribution in [2.24, 2.45) is 0 Å². The van der Waals surface area contributed by atoms with E-state index in [2.05, 4.69) is 4.98 Å². The Hall–Kier alpha value is -2.47. The molecule has 0 aliphatic rings. The molecule has 98 valence electrons. The van der Waals surface area contributed by atoms with Crippen LogP contribution in [0.1, 0.15) is 11.1 Å². The molecular formula is C13H12N2O4. The summed E-state index contributed by atoms with van der Waals surface area (Å²) in [5.41, 5.74) is 1.39. The molecule has 1 aromatic heterocycles. The van der Waals surface area contributed by atoms with E-state index in [-0.39, 0.29) is 23.9 Å². The van der Waals surface area contributed by atoms with E-state index in [1.807, 2.05) is 6.92 Å². The van der Waals surface area contributed by atoms with Gasteiger partial charge in [0.05, 0.1) is 11.5 Å². The minimum Gasteiger partial charge on any atom is -0.432 e. The van der Waals surface area contributed by atoms with Crippen molar-refractivity contribution in [3.8, 4) is 11.6 Å². The van der Waals surface area contributed by atoms with Crippen LogP contribution in [-0.4, -0.2) is 15.0 Å². The van der Waals surface area contributed by atoms with Crippen LogP contribution in [0.2, 0.25) is 0 Å². The quantitative estimate of drug-likeness (QED) is 0.674. The highest BCUT2D eigenvalue weighted by Crippen LogP contribution is 2.31. The van der Waals surface area contributed by atoms with E-state index in [0.29, 0.717) is 5.56 Å². The fourth-order valence-electron chi connectivity index (χ4n) is 1.53. The topological polar surface area (TPSA) is 85.5 Å². The number of nitro benzene ring substituents is 1. The maximum atomic E-state index is 10.9. The summed E-state index contributed by atoms with van der Waals surface area (Å²) in [5, 5.41) is 19.8. The highest BCUT2D eigenvalue weighted by atomic mass is 16.6. The van der Waals surface area contributed by atoms with Crippen LogP contribution < -0.4 is 4.74 Å². The first-order chi connectivity index (χ1) is 9.10. The summed E-state index contributed by atoms with van der Waals surface area (Å²) in [6, 6.07) is 7.82. The Morgan fingerprint density at radius 3 is 2.74 bits per heavy atom. The molecule has 0 aliphatic heterocycles. The monoisotopic (exact) mass is 260 g/mol. The molecule has 0 saturated heterocycles. The first kappa shape index (κ1) is 13.0. The van der Waals surface area contributed by atoms with Gasteiger partial charge in [0, 0.05) is 18.3 Å². The van der Waals surface area contributed by atoms with Gasteiger partial charge in [0.1, 0.15) is 0 Å². The molecular weight excluding hydrogens is 248 g/mol. The first-order valence-electron chi connectivity index (χ1n) is 5.59. The number of hydrogen-bond acceptors (Lipinski definition) is 5. The third-order valence-corrected chi connectivity index (χ3v) is 2.51. The molecule has 0 bridgehead atoms. The largest absolute Gasteiger partial charge is 0.432 e. The maximum Gasteiger partial charge on any atom is 0.311 e. The smallest absolute Gasteiger partial charge is 0.311 e. The Balaban J connectivity index is 2.31. The van der Waals surface area contributed by atoms with Gasteiger partial charge in [-0.3, -0.25) is 10.1 Å². The van der Waals surface area contributed by atoms with Gasteiger partial charge >= 0.3 is 5.69 Å². The minimum atomic E-state index is -0.503. The van der Waals surface area contributed by atoms with E-state index in [4.69, 9.17) is 9.84 Å². The predicted octanol–water partition coefficient (Wildman–Crippen LogP) is 2.58. The molecule has 6 nitrogen and oxygen atoms in total. The van der Waals surface area contributed by atoms with Crippen molar-refractivity contribution in [2.75, 3.05) is 0 Å². The fourth-order valence-corrected chi connectivity index (χ4v) is 1.53. The van der Waals surface area contributed by atoms with Crippen molar-refractivity contribution in [3.63, 3.8) is 0 Å². The van der Waals surface area contributed by atoms with E-state index in [0.717, 1.165) is 5.56 Å². The molecule has 1 heterocycles. The molecule has 0 fully saturated rings. The second-order valence-corrected chi connectivity index (χ2v) is 3.99. The number of ether oxygens (including phenoxy) is 1. The van der Waals surface area contributed by atoms with Crippen LogP contribution in [0.5, 0.6) is 11.6 Å². The average molecular weight is 260 g/mol. The predicted molar refractivity (Wildman–Crippen MR) is 68.1 cm³/mol. The molecule has 6 heteroatoms. The lowest BCUT2D eigenvalue weighted by atomic mass is 10.2. The SMILES string of the molecule is Cc1ccc([N+](=O)[O-])c(Oc2ccc(CO)cn2)c1. The van der Waals surface area contributed by atoms with Gasteiger partial charge in [-0.15, -0.1) is 0 Å². The van der Waals surface area contributed by atoms with E-state index in [9.17, 15) is 10.1 Å². The van der Waals surface area contributed by atoms with E-state index < -0.39 is 4.92 Å². The molecule has 0 atom stereocenters. The second-order valence-electron chi connectivity index (χ2n) is 3.99. The summed E-state index contributed by atoms with van der Waals surface area (Å²) >= 11 is 0. The van der Waals surface area contributed by atoms with Crippen molar-refractivity contribution in [2.45, 2.75) is 13.5 Å². The summed E-state index contributed by atoms with van der Waals surface area (Å²) in [7, 11) is 0. The first-order valence-corrected chi connectivity index (χ1v) is 5.59. The Kier molecular flexibility index (Phi) is 3.72. The van der Waals surface area contributed by atoms with Crippen LogP contribution in [0, 0.1) is 17.0 Å². The summed E-state index contributed by atoms with van der Waals surface area (Å²) in [6.07, 6.45) is 1.46. The van der Waals surface area contributed by atoms with E-state index in [1.165, 1.54) is 12.3 Å². The zero-order chi connectivity index (χ0) is 13.8. The van der Waals surface area contributed by atoms with Crippen molar-refractivity contribution in [1.29, 1.82) is 0 Å². The number of pyridine rings is 1. The highest BCUT2D eigenvalue weighted by Gasteiger charge is 2.16. The number of rotatable bonds is 4. The molecule has 2 rings (SSSR count).